The summed E-state index contributed by atoms with van der Waals surface area (Å²) in [5, 5.41) is 0.726. The van der Waals surface area contributed by atoms with Crippen LogP contribution in [-0.4, -0.2) is 29.1 Å². The number of amidine groups is 1. The first kappa shape index (κ1) is 21.2. The molecule has 0 aromatic heterocycles. The highest BCUT2D eigenvalue weighted by molar-refractivity contribution is 8.18. The van der Waals surface area contributed by atoms with Gasteiger partial charge in [0.2, 0.25) is 0 Å². The molecular formula is C24H28N2O2S. The Hall–Kier alpha value is -2.53. The summed E-state index contributed by atoms with van der Waals surface area (Å²) in [6.07, 6.45) is 1.92. The van der Waals surface area contributed by atoms with Gasteiger partial charge in [0, 0.05) is 6.54 Å². The number of hydrogen-bond acceptors (Lipinski definition) is 4. The standard InChI is InChI=1S/C24H28N2O2S/c1-6-26-23(27)22(14-19-8-11-21(12-9-19)28-15-16(2)3)29-24(26)25-20-10-7-17(4)18(5)13-20/h7-14,16H,6,15H2,1-5H3. The predicted octanol–water partition coefficient (Wildman–Crippen LogP) is 5.96. The Kier molecular flexibility index (Phi) is 6.80. The van der Waals surface area contributed by atoms with Crippen LogP contribution in [0, 0.1) is 19.8 Å². The molecule has 0 bridgehead atoms. The molecule has 1 fully saturated rings. The molecule has 5 heteroatoms. The Balaban J connectivity index is 1.80. The maximum absolute atomic E-state index is 12.8. The number of carbonyl (C=O) groups excluding carboxylic acids is 1. The molecule has 0 spiro atoms. The number of nitrogens with zero attached hydrogens (tertiary/aromatic N) is 2. The molecule has 0 N–H and O–H groups in total. The molecule has 1 amide bonds. The van der Waals surface area contributed by atoms with E-state index < -0.39 is 0 Å². The molecule has 2 aromatic carbocycles. The van der Waals surface area contributed by atoms with E-state index in [1.165, 1.54) is 22.9 Å². The van der Waals surface area contributed by atoms with E-state index in [1.54, 1.807) is 4.90 Å². The van der Waals surface area contributed by atoms with Gasteiger partial charge in [-0.05, 0) is 85.5 Å². The van der Waals surface area contributed by atoms with Crippen LogP contribution in [0.3, 0.4) is 0 Å². The number of benzene rings is 2. The summed E-state index contributed by atoms with van der Waals surface area (Å²) in [4.78, 5) is 20.0. The number of aryl methyl sites for hydroxylation is 2. The monoisotopic (exact) mass is 408 g/mol. The van der Waals surface area contributed by atoms with Crippen molar-refractivity contribution >= 4 is 34.6 Å². The van der Waals surface area contributed by atoms with Crippen LogP contribution >= 0.6 is 11.8 Å². The number of aliphatic imine (C=N–C) groups is 1. The predicted molar refractivity (Wildman–Crippen MR) is 123 cm³/mol. The molecule has 152 valence electrons. The highest BCUT2D eigenvalue weighted by Crippen LogP contribution is 2.34. The Morgan fingerprint density at radius 1 is 1.10 bits per heavy atom. The lowest BCUT2D eigenvalue weighted by molar-refractivity contribution is -0.122. The fourth-order valence-corrected chi connectivity index (χ4v) is 3.91. The van der Waals surface area contributed by atoms with Gasteiger partial charge >= 0.3 is 0 Å². The van der Waals surface area contributed by atoms with Gasteiger partial charge in [-0.15, -0.1) is 0 Å². The van der Waals surface area contributed by atoms with E-state index in [0.29, 0.717) is 24.0 Å². The van der Waals surface area contributed by atoms with Crippen LogP contribution in [0.2, 0.25) is 0 Å². The van der Waals surface area contributed by atoms with Crippen molar-refractivity contribution in [2.75, 3.05) is 13.2 Å². The summed E-state index contributed by atoms with van der Waals surface area (Å²) >= 11 is 1.43. The summed E-state index contributed by atoms with van der Waals surface area (Å²) in [6.45, 7) is 11.7. The Bertz CT molecular complexity index is 946. The van der Waals surface area contributed by atoms with Gasteiger partial charge in [0.05, 0.1) is 17.2 Å². The van der Waals surface area contributed by atoms with Crippen molar-refractivity contribution in [3.05, 3.63) is 64.1 Å². The molecule has 3 rings (SSSR count). The molecule has 29 heavy (non-hydrogen) atoms. The number of rotatable bonds is 6. The summed E-state index contributed by atoms with van der Waals surface area (Å²) < 4.78 is 5.73. The third-order valence-corrected chi connectivity index (χ3v) is 5.69. The van der Waals surface area contributed by atoms with Crippen molar-refractivity contribution < 1.29 is 9.53 Å². The number of thioether (sulfide) groups is 1. The van der Waals surface area contributed by atoms with Gasteiger partial charge in [-0.3, -0.25) is 9.69 Å². The zero-order valence-corrected chi connectivity index (χ0v) is 18.5. The quantitative estimate of drug-likeness (QED) is 0.554. The third-order valence-electron chi connectivity index (χ3n) is 4.68. The second kappa shape index (κ2) is 9.31. The molecule has 1 saturated heterocycles. The molecule has 0 unspecified atom stereocenters. The molecule has 1 aliphatic heterocycles. The summed E-state index contributed by atoms with van der Waals surface area (Å²) in [7, 11) is 0. The van der Waals surface area contributed by atoms with E-state index in [9.17, 15) is 4.79 Å². The van der Waals surface area contributed by atoms with E-state index in [0.717, 1.165) is 22.2 Å². The smallest absolute Gasteiger partial charge is 0.266 e. The van der Waals surface area contributed by atoms with Crippen molar-refractivity contribution in [1.29, 1.82) is 0 Å². The van der Waals surface area contributed by atoms with E-state index in [-0.39, 0.29) is 5.91 Å². The van der Waals surface area contributed by atoms with Gasteiger partial charge in [0.15, 0.2) is 5.17 Å². The lowest BCUT2D eigenvalue weighted by atomic mass is 10.1. The average Bonchev–Trinajstić information content (AvgIpc) is 2.98. The fourth-order valence-electron chi connectivity index (χ4n) is 2.85. The summed E-state index contributed by atoms with van der Waals surface area (Å²) in [5.74, 6) is 1.33. The van der Waals surface area contributed by atoms with Crippen LogP contribution in [0.15, 0.2) is 52.4 Å². The van der Waals surface area contributed by atoms with E-state index in [2.05, 4.69) is 39.8 Å². The van der Waals surface area contributed by atoms with Gasteiger partial charge in [-0.1, -0.05) is 32.0 Å². The number of likely N-dealkylation sites (N-methyl/N-ethyl adjacent to an activating group) is 1. The number of amides is 1. The van der Waals surface area contributed by atoms with Crippen LogP contribution in [0.1, 0.15) is 37.5 Å². The van der Waals surface area contributed by atoms with E-state index in [4.69, 9.17) is 9.73 Å². The van der Waals surface area contributed by atoms with Gasteiger partial charge in [0.25, 0.3) is 5.91 Å². The number of carbonyl (C=O) groups is 1. The van der Waals surface area contributed by atoms with Crippen LogP contribution in [0.4, 0.5) is 5.69 Å². The molecule has 2 aromatic rings. The van der Waals surface area contributed by atoms with Gasteiger partial charge in [-0.2, -0.15) is 0 Å². The molecule has 4 nitrogen and oxygen atoms in total. The Labute approximate surface area is 177 Å². The van der Waals surface area contributed by atoms with Gasteiger partial charge in [-0.25, -0.2) is 4.99 Å². The molecule has 1 aliphatic rings. The largest absolute Gasteiger partial charge is 0.493 e. The highest BCUT2D eigenvalue weighted by Gasteiger charge is 2.32. The topological polar surface area (TPSA) is 41.9 Å². The van der Waals surface area contributed by atoms with Crippen molar-refractivity contribution in [2.24, 2.45) is 10.9 Å². The second-order valence-electron chi connectivity index (χ2n) is 7.60. The first-order valence-corrected chi connectivity index (χ1v) is 10.8. The molecule has 0 saturated carbocycles. The zero-order valence-electron chi connectivity index (χ0n) is 17.7. The maximum atomic E-state index is 12.8. The van der Waals surface area contributed by atoms with Crippen molar-refractivity contribution in [3.63, 3.8) is 0 Å². The second-order valence-corrected chi connectivity index (χ2v) is 8.61. The summed E-state index contributed by atoms with van der Waals surface area (Å²) in [5.41, 5.74) is 4.27. The van der Waals surface area contributed by atoms with Gasteiger partial charge in [0.1, 0.15) is 5.75 Å². The minimum absolute atomic E-state index is 0.000202. The minimum atomic E-state index is 0.000202. The van der Waals surface area contributed by atoms with Gasteiger partial charge < -0.3 is 4.74 Å². The summed E-state index contributed by atoms with van der Waals surface area (Å²) in [6, 6.07) is 14.0. The molecule has 0 radical (unpaired) electrons. The average molecular weight is 409 g/mol. The molecule has 0 aliphatic carbocycles. The lowest BCUT2D eigenvalue weighted by Crippen LogP contribution is -2.28. The first-order chi connectivity index (χ1) is 13.9. The molecule has 0 atom stereocenters. The van der Waals surface area contributed by atoms with Crippen LogP contribution in [-0.2, 0) is 4.79 Å². The van der Waals surface area contributed by atoms with Crippen molar-refractivity contribution in [1.82, 2.24) is 4.90 Å². The number of ether oxygens (including phenoxy) is 1. The minimum Gasteiger partial charge on any atom is -0.493 e. The van der Waals surface area contributed by atoms with E-state index >= 15 is 0 Å². The van der Waals surface area contributed by atoms with Crippen LogP contribution < -0.4 is 4.74 Å². The maximum Gasteiger partial charge on any atom is 0.266 e. The SMILES string of the molecule is CCN1C(=O)C(=Cc2ccc(OCC(C)C)cc2)SC1=Nc1ccc(C)c(C)c1. The van der Waals surface area contributed by atoms with Crippen LogP contribution in [0.5, 0.6) is 5.75 Å². The van der Waals surface area contributed by atoms with Crippen molar-refractivity contribution in [3.8, 4) is 5.75 Å². The zero-order chi connectivity index (χ0) is 21.0. The normalized spacial score (nSPS) is 17.0. The van der Waals surface area contributed by atoms with Crippen molar-refractivity contribution in [2.45, 2.75) is 34.6 Å². The number of hydrogen-bond donors (Lipinski definition) is 0. The fraction of sp³-hybridized carbons (Fsp3) is 0.333. The van der Waals surface area contributed by atoms with Crippen LogP contribution in [0.25, 0.3) is 6.08 Å². The Morgan fingerprint density at radius 3 is 2.45 bits per heavy atom. The van der Waals surface area contributed by atoms with E-state index in [1.807, 2.05) is 43.3 Å². The molecular weight excluding hydrogens is 380 g/mol. The third kappa shape index (κ3) is 5.30. The Morgan fingerprint density at radius 2 is 1.83 bits per heavy atom. The lowest BCUT2D eigenvalue weighted by Gasteiger charge is -2.12. The first-order valence-electron chi connectivity index (χ1n) is 9.97. The highest BCUT2D eigenvalue weighted by atomic mass is 32.2. The molecule has 1 heterocycles.